The van der Waals surface area contributed by atoms with Crippen molar-refractivity contribution in [3.8, 4) is 0 Å². The number of hydrogen-bond acceptors (Lipinski definition) is 2. The zero-order valence-electron chi connectivity index (χ0n) is 10.4. The highest BCUT2D eigenvalue weighted by Gasteiger charge is 2.12. The van der Waals surface area contributed by atoms with Crippen molar-refractivity contribution in [2.75, 3.05) is 4.72 Å². The Morgan fingerprint density at radius 1 is 1.05 bits per heavy atom. The number of rotatable bonds is 4. The van der Waals surface area contributed by atoms with Crippen LogP contribution in [0, 0.1) is 6.92 Å². The number of halogens is 1. The SMILES string of the molecule is Cc1ccccc1CS(=O)(=O)Nc1ccc(Cl)cc1. The fourth-order valence-corrected chi connectivity index (χ4v) is 3.14. The van der Waals surface area contributed by atoms with Gasteiger partial charge < -0.3 is 0 Å². The van der Waals surface area contributed by atoms with Gasteiger partial charge in [0, 0.05) is 10.7 Å². The number of benzene rings is 2. The second kappa shape index (κ2) is 5.63. The predicted molar refractivity (Wildman–Crippen MR) is 78.9 cm³/mol. The van der Waals surface area contributed by atoms with E-state index in [0.29, 0.717) is 10.7 Å². The van der Waals surface area contributed by atoms with Gasteiger partial charge in [0.15, 0.2) is 0 Å². The molecule has 0 radical (unpaired) electrons. The summed E-state index contributed by atoms with van der Waals surface area (Å²) in [7, 11) is -3.42. The maximum absolute atomic E-state index is 12.1. The molecule has 2 rings (SSSR count). The molecule has 0 fully saturated rings. The molecule has 0 aromatic heterocycles. The first-order chi connectivity index (χ1) is 8.96. The van der Waals surface area contributed by atoms with Crippen LogP contribution in [0.25, 0.3) is 0 Å². The van der Waals surface area contributed by atoms with Crippen molar-refractivity contribution in [2.24, 2.45) is 0 Å². The molecule has 2 aromatic carbocycles. The molecule has 0 aliphatic carbocycles. The molecule has 0 unspecified atom stereocenters. The van der Waals surface area contributed by atoms with Crippen molar-refractivity contribution < 1.29 is 8.42 Å². The van der Waals surface area contributed by atoms with Gasteiger partial charge in [-0.2, -0.15) is 0 Å². The Kier molecular flexibility index (Phi) is 4.12. The molecule has 100 valence electrons. The Bertz CT molecular complexity index is 666. The molecule has 0 saturated heterocycles. The highest BCUT2D eigenvalue weighted by Crippen LogP contribution is 2.17. The van der Waals surface area contributed by atoms with Gasteiger partial charge in [-0.05, 0) is 42.3 Å². The standard InChI is InChI=1S/C14H14ClNO2S/c1-11-4-2-3-5-12(11)10-19(17,18)16-14-8-6-13(15)7-9-14/h2-9,16H,10H2,1H3. The van der Waals surface area contributed by atoms with Gasteiger partial charge in [0.25, 0.3) is 0 Å². The summed E-state index contributed by atoms with van der Waals surface area (Å²) in [6.45, 7) is 1.90. The number of aryl methyl sites for hydroxylation is 1. The van der Waals surface area contributed by atoms with Crippen molar-refractivity contribution >= 4 is 27.3 Å². The molecule has 19 heavy (non-hydrogen) atoms. The van der Waals surface area contributed by atoms with E-state index < -0.39 is 10.0 Å². The first-order valence-corrected chi connectivity index (χ1v) is 7.80. The third-order valence-corrected chi connectivity index (χ3v) is 4.21. The normalized spacial score (nSPS) is 11.3. The monoisotopic (exact) mass is 295 g/mol. The summed E-state index contributed by atoms with van der Waals surface area (Å²) in [5.41, 5.74) is 2.27. The molecule has 0 aliphatic rings. The molecule has 3 nitrogen and oxygen atoms in total. The summed E-state index contributed by atoms with van der Waals surface area (Å²) in [6.07, 6.45) is 0. The lowest BCUT2D eigenvalue weighted by molar-refractivity contribution is 0.600. The molecule has 0 spiro atoms. The second-order valence-electron chi connectivity index (χ2n) is 4.29. The van der Waals surface area contributed by atoms with Crippen LogP contribution >= 0.6 is 11.6 Å². The van der Waals surface area contributed by atoms with E-state index in [4.69, 9.17) is 11.6 Å². The van der Waals surface area contributed by atoms with Gasteiger partial charge in [0.05, 0.1) is 5.75 Å². The van der Waals surface area contributed by atoms with Gasteiger partial charge in [-0.25, -0.2) is 8.42 Å². The Morgan fingerprint density at radius 2 is 1.68 bits per heavy atom. The van der Waals surface area contributed by atoms with Crippen LogP contribution in [0.1, 0.15) is 11.1 Å². The molecule has 0 atom stereocenters. The predicted octanol–water partition coefficient (Wildman–Crippen LogP) is 3.59. The van der Waals surface area contributed by atoms with Gasteiger partial charge in [-0.3, -0.25) is 4.72 Å². The fraction of sp³-hybridized carbons (Fsp3) is 0.143. The third-order valence-electron chi connectivity index (χ3n) is 2.72. The van der Waals surface area contributed by atoms with Crippen LogP contribution in [0.3, 0.4) is 0 Å². The number of hydrogen-bond donors (Lipinski definition) is 1. The zero-order valence-corrected chi connectivity index (χ0v) is 12.0. The van der Waals surface area contributed by atoms with E-state index in [1.165, 1.54) is 0 Å². The molecule has 0 amide bonds. The molecule has 0 aliphatic heterocycles. The molecule has 0 saturated carbocycles. The van der Waals surface area contributed by atoms with Crippen LogP contribution in [0.2, 0.25) is 5.02 Å². The lowest BCUT2D eigenvalue weighted by Gasteiger charge is -2.09. The molecule has 1 N–H and O–H groups in total. The number of anilines is 1. The first-order valence-electron chi connectivity index (χ1n) is 5.77. The van der Waals surface area contributed by atoms with Gasteiger partial charge in [-0.1, -0.05) is 35.9 Å². The summed E-state index contributed by atoms with van der Waals surface area (Å²) in [6, 6.07) is 14.0. The Balaban J connectivity index is 2.15. The van der Waals surface area contributed by atoms with E-state index in [1.807, 2.05) is 31.2 Å². The maximum Gasteiger partial charge on any atom is 0.236 e. The summed E-state index contributed by atoms with van der Waals surface area (Å²) in [4.78, 5) is 0. The third kappa shape index (κ3) is 3.98. The minimum atomic E-state index is -3.42. The minimum Gasteiger partial charge on any atom is -0.283 e. The van der Waals surface area contributed by atoms with E-state index in [9.17, 15) is 8.42 Å². The molecule has 5 heteroatoms. The highest BCUT2D eigenvalue weighted by atomic mass is 35.5. The van der Waals surface area contributed by atoms with Gasteiger partial charge in [-0.15, -0.1) is 0 Å². The molecule has 0 bridgehead atoms. The van der Waals surface area contributed by atoms with Crippen molar-refractivity contribution in [1.82, 2.24) is 0 Å². The number of sulfonamides is 1. The molecular formula is C14H14ClNO2S. The van der Waals surface area contributed by atoms with Crippen LogP contribution in [-0.4, -0.2) is 8.42 Å². The van der Waals surface area contributed by atoms with E-state index in [1.54, 1.807) is 24.3 Å². The van der Waals surface area contributed by atoms with Crippen LogP contribution in [0.5, 0.6) is 0 Å². The van der Waals surface area contributed by atoms with Crippen LogP contribution in [-0.2, 0) is 15.8 Å². The molecule has 2 aromatic rings. The molecular weight excluding hydrogens is 282 g/mol. The summed E-state index contributed by atoms with van der Waals surface area (Å²) in [5.74, 6) is -0.0394. The Morgan fingerprint density at radius 3 is 2.32 bits per heavy atom. The maximum atomic E-state index is 12.1. The summed E-state index contributed by atoms with van der Waals surface area (Å²) in [5, 5.41) is 0.571. The fourth-order valence-electron chi connectivity index (χ4n) is 1.71. The van der Waals surface area contributed by atoms with Crippen LogP contribution in [0.4, 0.5) is 5.69 Å². The van der Waals surface area contributed by atoms with Gasteiger partial charge >= 0.3 is 0 Å². The quantitative estimate of drug-likeness (QED) is 0.937. The topological polar surface area (TPSA) is 46.2 Å². The zero-order chi connectivity index (χ0) is 13.9. The van der Waals surface area contributed by atoms with Crippen molar-refractivity contribution in [3.63, 3.8) is 0 Å². The smallest absolute Gasteiger partial charge is 0.236 e. The van der Waals surface area contributed by atoms with Gasteiger partial charge in [0.1, 0.15) is 0 Å². The van der Waals surface area contributed by atoms with Crippen LogP contribution in [0.15, 0.2) is 48.5 Å². The number of nitrogens with one attached hydrogen (secondary N) is 1. The van der Waals surface area contributed by atoms with E-state index in [0.717, 1.165) is 11.1 Å². The first kappa shape index (κ1) is 13.9. The van der Waals surface area contributed by atoms with E-state index in [-0.39, 0.29) is 5.75 Å². The lowest BCUT2D eigenvalue weighted by atomic mass is 10.1. The summed E-state index contributed by atoms with van der Waals surface area (Å²) < 4.78 is 26.7. The highest BCUT2D eigenvalue weighted by molar-refractivity contribution is 7.91. The van der Waals surface area contributed by atoms with E-state index >= 15 is 0 Å². The largest absolute Gasteiger partial charge is 0.283 e. The van der Waals surface area contributed by atoms with Gasteiger partial charge in [0.2, 0.25) is 10.0 Å². The molecule has 0 heterocycles. The summed E-state index contributed by atoms with van der Waals surface area (Å²) >= 11 is 5.76. The average Bonchev–Trinajstić information content (AvgIpc) is 2.35. The average molecular weight is 296 g/mol. The lowest BCUT2D eigenvalue weighted by Crippen LogP contribution is -2.15. The second-order valence-corrected chi connectivity index (χ2v) is 6.45. The van der Waals surface area contributed by atoms with Crippen LogP contribution < -0.4 is 4.72 Å². The van der Waals surface area contributed by atoms with Crippen molar-refractivity contribution in [1.29, 1.82) is 0 Å². The van der Waals surface area contributed by atoms with Crippen molar-refractivity contribution in [3.05, 3.63) is 64.7 Å². The Hall–Kier alpha value is -1.52. The minimum absolute atomic E-state index is 0.0394. The Labute approximate surface area is 118 Å². The van der Waals surface area contributed by atoms with Crippen molar-refractivity contribution in [2.45, 2.75) is 12.7 Å². The van der Waals surface area contributed by atoms with E-state index in [2.05, 4.69) is 4.72 Å².